The number of anilines is 1. The highest BCUT2D eigenvalue weighted by Gasteiger charge is 2.25. The Morgan fingerprint density at radius 3 is 2.33 bits per heavy atom. The van der Waals surface area contributed by atoms with Gasteiger partial charge >= 0.3 is 0 Å². The first kappa shape index (κ1) is 20.2. The minimum atomic E-state index is -0.0400. The van der Waals surface area contributed by atoms with E-state index in [0.717, 1.165) is 38.3 Å². The zero-order valence-electron chi connectivity index (χ0n) is 15.9. The molecule has 0 atom stereocenters. The van der Waals surface area contributed by atoms with Gasteiger partial charge in [-0.05, 0) is 31.0 Å². The Bertz CT molecular complexity index is 817. The van der Waals surface area contributed by atoms with Crippen molar-refractivity contribution in [3.05, 3.63) is 63.1 Å². The molecule has 2 aromatic carbocycles. The molecule has 4 nitrogen and oxygen atoms in total. The van der Waals surface area contributed by atoms with E-state index in [4.69, 9.17) is 23.2 Å². The van der Waals surface area contributed by atoms with Crippen molar-refractivity contribution in [1.82, 2.24) is 0 Å². The molecule has 1 fully saturated rings. The number of carbonyl (C=O) groups is 1. The summed E-state index contributed by atoms with van der Waals surface area (Å²) in [6.07, 6.45) is 0. The van der Waals surface area contributed by atoms with Gasteiger partial charge in [-0.15, -0.1) is 0 Å². The molecule has 6 heteroatoms. The van der Waals surface area contributed by atoms with E-state index in [2.05, 4.69) is 36.5 Å². The summed E-state index contributed by atoms with van der Waals surface area (Å²) in [5.41, 5.74) is 4.19. The van der Waals surface area contributed by atoms with E-state index in [-0.39, 0.29) is 5.91 Å². The first-order chi connectivity index (χ1) is 12.9. The molecule has 3 N–H and O–H groups in total. The van der Waals surface area contributed by atoms with Gasteiger partial charge in [-0.25, -0.2) is 0 Å². The second-order valence-corrected chi connectivity index (χ2v) is 8.17. The molecule has 2 aromatic rings. The van der Waals surface area contributed by atoms with E-state index in [1.54, 1.807) is 11.0 Å². The third kappa shape index (κ3) is 5.23. The average molecular weight is 408 g/mol. The predicted molar refractivity (Wildman–Crippen MR) is 111 cm³/mol. The van der Waals surface area contributed by atoms with E-state index in [0.29, 0.717) is 22.3 Å². The second-order valence-electron chi connectivity index (χ2n) is 7.38. The summed E-state index contributed by atoms with van der Waals surface area (Å²) in [5, 5.41) is 3.88. The number of halogens is 2. The topological polar surface area (TPSA) is 38.0 Å². The number of amides is 1. The van der Waals surface area contributed by atoms with Gasteiger partial charge in [0.25, 0.3) is 5.91 Å². The Morgan fingerprint density at radius 2 is 1.63 bits per heavy atom. The number of quaternary nitrogens is 2. The Balaban J connectivity index is 1.50. The number of nitrogens with one attached hydrogen (secondary N) is 3. The Morgan fingerprint density at radius 1 is 0.963 bits per heavy atom. The molecule has 1 aliphatic rings. The van der Waals surface area contributed by atoms with Crippen molar-refractivity contribution < 1.29 is 14.6 Å². The summed E-state index contributed by atoms with van der Waals surface area (Å²) in [4.78, 5) is 15.3. The molecule has 1 amide bonds. The predicted octanol–water partition coefficient (Wildman–Crippen LogP) is 1.53. The summed E-state index contributed by atoms with van der Waals surface area (Å²) in [6, 6.07) is 12.2. The maximum Gasteiger partial charge on any atom is 0.279 e. The van der Waals surface area contributed by atoms with Crippen LogP contribution in [0.3, 0.4) is 0 Å². The summed E-state index contributed by atoms with van der Waals surface area (Å²) in [5.74, 6) is -0.0400. The molecule has 1 heterocycles. The molecule has 27 heavy (non-hydrogen) atoms. The largest absolute Gasteiger partial charge is 0.322 e. The highest BCUT2D eigenvalue weighted by molar-refractivity contribution is 6.40. The zero-order valence-corrected chi connectivity index (χ0v) is 17.4. The van der Waals surface area contributed by atoms with Gasteiger partial charge in [0, 0.05) is 5.56 Å². The molecule has 0 unspecified atom stereocenters. The number of carbonyl (C=O) groups excluding carboxylic acids is 1. The summed E-state index contributed by atoms with van der Waals surface area (Å²) in [7, 11) is 0. The van der Waals surface area contributed by atoms with Crippen molar-refractivity contribution in [2.75, 3.05) is 38.0 Å². The van der Waals surface area contributed by atoms with E-state index in [1.165, 1.54) is 16.0 Å². The van der Waals surface area contributed by atoms with Gasteiger partial charge in [0.1, 0.15) is 32.7 Å². The lowest BCUT2D eigenvalue weighted by Crippen LogP contribution is -3.28. The van der Waals surface area contributed by atoms with Gasteiger partial charge in [0.2, 0.25) is 0 Å². The molecule has 3 rings (SSSR count). The number of aryl methyl sites for hydroxylation is 2. The zero-order chi connectivity index (χ0) is 19.4. The molecule has 0 spiro atoms. The number of piperazine rings is 1. The minimum absolute atomic E-state index is 0.0400. The lowest BCUT2D eigenvalue weighted by Gasteiger charge is -2.29. The molecule has 0 aliphatic carbocycles. The maximum atomic E-state index is 12.5. The van der Waals surface area contributed by atoms with Gasteiger partial charge in [-0.3, -0.25) is 4.79 Å². The van der Waals surface area contributed by atoms with Crippen LogP contribution in [0.4, 0.5) is 5.69 Å². The summed E-state index contributed by atoms with van der Waals surface area (Å²) >= 11 is 12.5. The molecule has 0 aromatic heterocycles. The fraction of sp³-hybridized carbons (Fsp3) is 0.381. The molecule has 1 aliphatic heterocycles. The molecular formula is C21H27Cl2N3O+2. The molecule has 0 saturated carbocycles. The first-order valence-corrected chi connectivity index (χ1v) is 10.2. The lowest BCUT2D eigenvalue weighted by atomic mass is 10.1. The van der Waals surface area contributed by atoms with Crippen LogP contribution in [0.25, 0.3) is 0 Å². The molecule has 144 valence electrons. The molecule has 1 saturated heterocycles. The Kier molecular flexibility index (Phi) is 6.77. The van der Waals surface area contributed by atoms with Crippen molar-refractivity contribution in [2.24, 2.45) is 0 Å². The van der Waals surface area contributed by atoms with E-state index < -0.39 is 0 Å². The van der Waals surface area contributed by atoms with Crippen LogP contribution in [0, 0.1) is 13.8 Å². The van der Waals surface area contributed by atoms with Crippen LogP contribution in [0.2, 0.25) is 10.0 Å². The second kappa shape index (κ2) is 9.07. The maximum absolute atomic E-state index is 12.5. The third-order valence-electron chi connectivity index (χ3n) is 5.33. The summed E-state index contributed by atoms with van der Waals surface area (Å²) in [6.45, 7) is 9.69. The summed E-state index contributed by atoms with van der Waals surface area (Å²) < 4.78 is 0. The molecular weight excluding hydrogens is 381 g/mol. The van der Waals surface area contributed by atoms with Gasteiger partial charge in [-0.1, -0.05) is 53.5 Å². The quantitative estimate of drug-likeness (QED) is 0.690. The van der Waals surface area contributed by atoms with Gasteiger partial charge in [0.15, 0.2) is 6.54 Å². The van der Waals surface area contributed by atoms with Gasteiger partial charge in [-0.2, -0.15) is 0 Å². The van der Waals surface area contributed by atoms with Gasteiger partial charge in [0.05, 0.1) is 15.7 Å². The monoisotopic (exact) mass is 407 g/mol. The van der Waals surface area contributed by atoms with Crippen LogP contribution in [0.15, 0.2) is 36.4 Å². The number of hydrogen-bond donors (Lipinski definition) is 3. The van der Waals surface area contributed by atoms with Crippen LogP contribution in [-0.2, 0) is 11.3 Å². The van der Waals surface area contributed by atoms with Crippen LogP contribution in [0.5, 0.6) is 0 Å². The Hall–Kier alpha value is -1.59. The van der Waals surface area contributed by atoms with Crippen LogP contribution in [0.1, 0.15) is 16.7 Å². The van der Waals surface area contributed by atoms with Crippen molar-refractivity contribution in [3.63, 3.8) is 0 Å². The number of benzene rings is 2. The van der Waals surface area contributed by atoms with Crippen molar-refractivity contribution in [3.8, 4) is 0 Å². The molecule has 0 radical (unpaired) electrons. The standard InChI is InChI=1S/C21H25Cl2N3O/c1-15-5-3-4-6-17(15)13-25-9-11-26(12-10-25)14-19(27)24-21-18(22)8-7-16(2)20(21)23/h3-8H,9-14H2,1-2H3,(H,24,27)/p+2. The smallest absolute Gasteiger partial charge is 0.279 e. The SMILES string of the molecule is Cc1ccccc1C[NH+]1CC[NH+](CC(=O)Nc2c(Cl)ccc(C)c2Cl)CC1. The fourth-order valence-electron chi connectivity index (χ4n) is 3.57. The van der Waals surface area contributed by atoms with E-state index in [1.807, 2.05) is 13.0 Å². The minimum Gasteiger partial charge on any atom is -0.322 e. The highest BCUT2D eigenvalue weighted by Crippen LogP contribution is 2.32. The molecule has 0 bridgehead atoms. The van der Waals surface area contributed by atoms with Gasteiger partial charge < -0.3 is 15.1 Å². The number of hydrogen-bond acceptors (Lipinski definition) is 1. The van der Waals surface area contributed by atoms with Crippen molar-refractivity contribution >= 4 is 34.8 Å². The van der Waals surface area contributed by atoms with Crippen LogP contribution >= 0.6 is 23.2 Å². The van der Waals surface area contributed by atoms with Crippen LogP contribution in [-0.4, -0.2) is 38.6 Å². The first-order valence-electron chi connectivity index (χ1n) is 9.40. The Labute approximate surface area is 171 Å². The van der Waals surface area contributed by atoms with E-state index in [9.17, 15) is 4.79 Å². The lowest BCUT2D eigenvalue weighted by molar-refractivity contribution is -1.02. The highest BCUT2D eigenvalue weighted by atomic mass is 35.5. The number of rotatable bonds is 5. The average Bonchev–Trinajstić information content (AvgIpc) is 2.65. The van der Waals surface area contributed by atoms with E-state index >= 15 is 0 Å². The van der Waals surface area contributed by atoms with Crippen LogP contribution < -0.4 is 15.1 Å². The normalized spacial score (nSPS) is 19.7. The van der Waals surface area contributed by atoms with Crippen molar-refractivity contribution in [2.45, 2.75) is 20.4 Å². The third-order valence-corrected chi connectivity index (χ3v) is 6.13. The fourth-order valence-corrected chi connectivity index (χ4v) is 4.04. The van der Waals surface area contributed by atoms with Crippen molar-refractivity contribution in [1.29, 1.82) is 0 Å².